The van der Waals surface area contributed by atoms with Crippen molar-refractivity contribution >= 4 is 29.4 Å². The van der Waals surface area contributed by atoms with E-state index in [4.69, 9.17) is 17.3 Å². The molecule has 0 radical (unpaired) electrons. The first-order valence-corrected chi connectivity index (χ1v) is 12.9. The summed E-state index contributed by atoms with van der Waals surface area (Å²) in [5.74, 6) is 0.537. The van der Waals surface area contributed by atoms with Crippen molar-refractivity contribution in [3.05, 3.63) is 46.5 Å². The summed E-state index contributed by atoms with van der Waals surface area (Å²) in [6.45, 7) is 5.25. The molecule has 0 spiro atoms. The number of nitrogens with one attached hydrogen (secondary N) is 1. The molecule has 11 heteroatoms. The zero-order valence-corrected chi connectivity index (χ0v) is 21.4. The number of imide groups is 1. The summed E-state index contributed by atoms with van der Waals surface area (Å²) in [5.41, 5.74) is 6.38. The van der Waals surface area contributed by atoms with E-state index in [9.17, 15) is 14.4 Å². The van der Waals surface area contributed by atoms with Gasteiger partial charge in [0.25, 0.3) is 11.8 Å². The summed E-state index contributed by atoms with van der Waals surface area (Å²) < 4.78 is 1.82. The monoisotopic (exact) mass is 513 g/mol. The molecule has 1 aromatic heterocycles. The maximum Gasteiger partial charge on any atom is 0.325 e. The van der Waals surface area contributed by atoms with Crippen LogP contribution in [0, 0.1) is 0 Å². The summed E-state index contributed by atoms with van der Waals surface area (Å²) >= 11 is 6.24. The first-order chi connectivity index (χ1) is 17.1. The third-order valence-electron chi connectivity index (χ3n) is 8.03. The topological polar surface area (TPSA) is 126 Å². The molecule has 0 unspecified atom stereocenters. The van der Waals surface area contributed by atoms with Crippen molar-refractivity contribution in [3.8, 4) is 0 Å². The standard InChI is InChI=1S/C25H32ClN7O3/c1-24(2)22(35)33(23(36)28-24)11-8-19-29-30-20-21(34)31(12-13-32(19)20)18-6-9-25(15-27,10-7-18)16-4-3-5-17(26)14-16/h3-5,14,18H,6-13,15,27H2,1-2H3,(H,28,36). The van der Waals surface area contributed by atoms with Crippen LogP contribution in [0.2, 0.25) is 5.02 Å². The number of fused-ring (bicyclic) bond motifs is 1. The highest BCUT2D eigenvalue weighted by molar-refractivity contribution is 6.30. The highest BCUT2D eigenvalue weighted by Gasteiger charge is 2.44. The van der Waals surface area contributed by atoms with Crippen LogP contribution < -0.4 is 11.1 Å². The molecule has 1 aromatic carbocycles. The van der Waals surface area contributed by atoms with E-state index >= 15 is 0 Å². The fourth-order valence-electron chi connectivity index (χ4n) is 5.83. The first kappa shape index (κ1) is 24.7. The lowest BCUT2D eigenvalue weighted by Crippen LogP contribution is -2.51. The lowest BCUT2D eigenvalue weighted by Gasteiger charge is -2.44. The van der Waals surface area contributed by atoms with Gasteiger partial charge in [-0.3, -0.25) is 14.5 Å². The predicted octanol–water partition coefficient (Wildman–Crippen LogP) is 2.10. The number of urea groups is 1. The zero-order chi connectivity index (χ0) is 25.7. The van der Waals surface area contributed by atoms with Gasteiger partial charge in [0.1, 0.15) is 11.4 Å². The van der Waals surface area contributed by atoms with E-state index in [1.54, 1.807) is 13.8 Å². The fourth-order valence-corrected chi connectivity index (χ4v) is 6.02. The quantitative estimate of drug-likeness (QED) is 0.569. The molecule has 3 aliphatic rings. The van der Waals surface area contributed by atoms with Crippen LogP contribution in [0.5, 0.6) is 0 Å². The van der Waals surface area contributed by atoms with Crippen LogP contribution in [0.4, 0.5) is 4.79 Å². The zero-order valence-electron chi connectivity index (χ0n) is 20.7. The van der Waals surface area contributed by atoms with Crippen LogP contribution >= 0.6 is 11.6 Å². The van der Waals surface area contributed by atoms with Gasteiger partial charge in [-0.25, -0.2) is 4.79 Å². The molecule has 2 aromatic rings. The number of rotatable bonds is 6. The SMILES string of the molecule is CC1(C)NC(=O)N(CCc2nnc3n2CCN(C2CCC(CN)(c4cccc(Cl)c4)CC2)C3=O)C1=O. The molecule has 5 rings (SSSR count). The van der Waals surface area contributed by atoms with Crippen LogP contribution in [0.25, 0.3) is 0 Å². The number of benzene rings is 1. The van der Waals surface area contributed by atoms with E-state index in [1.165, 1.54) is 10.5 Å². The molecule has 1 saturated heterocycles. The van der Waals surface area contributed by atoms with Gasteiger partial charge in [-0.15, -0.1) is 10.2 Å². The van der Waals surface area contributed by atoms with Gasteiger partial charge in [0.15, 0.2) is 0 Å². The Morgan fingerprint density at radius 3 is 2.53 bits per heavy atom. The third kappa shape index (κ3) is 4.16. The van der Waals surface area contributed by atoms with Crippen molar-refractivity contribution in [2.75, 3.05) is 19.6 Å². The molecule has 4 amide bonds. The van der Waals surface area contributed by atoms with Crippen LogP contribution in [0.15, 0.2) is 24.3 Å². The van der Waals surface area contributed by atoms with Gasteiger partial charge in [0.2, 0.25) is 5.82 Å². The molecule has 1 saturated carbocycles. The Balaban J connectivity index is 1.24. The molecule has 2 aliphatic heterocycles. The van der Waals surface area contributed by atoms with Gasteiger partial charge in [-0.05, 0) is 57.2 Å². The molecule has 10 nitrogen and oxygen atoms in total. The minimum atomic E-state index is -0.911. The second-order valence-corrected chi connectivity index (χ2v) is 11.0. The van der Waals surface area contributed by atoms with Crippen LogP contribution in [-0.2, 0) is 23.2 Å². The van der Waals surface area contributed by atoms with Crippen molar-refractivity contribution in [2.24, 2.45) is 5.73 Å². The second-order valence-electron chi connectivity index (χ2n) is 10.6. The van der Waals surface area contributed by atoms with E-state index in [-0.39, 0.29) is 29.8 Å². The first-order valence-electron chi connectivity index (χ1n) is 12.5. The van der Waals surface area contributed by atoms with Gasteiger partial charge in [-0.1, -0.05) is 23.7 Å². The van der Waals surface area contributed by atoms with Crippen LogP contribution in [0.1, 0.15) is 61.5 Å². The van der Waals surface area contributed by atoms with E-state index in [2.05, 4.69) is 21.6 Å². The number of aromatic nitrogens is 3. The third-order valence-corrected chi connectivity index (χ3v) is 8.26. The average Bonchev–Trinajstić information content (AvgIpc) is 3.36. The number of halogens is 1. The smallest absolute Gasteiger partial charge is 0.325 e. The number of nitrogens with zero attached hydrogens (tertiary/aromatic N) is 5. The molecular weight excluding hydrogens is 482 g/mol. The molecule has 3 heterocycles. The van der Waals surface area contributed by atoms with E-state index in [0.717, 1.165) is 25.7 Å². The number of hydrogen-bond donors (Lipinski definition) is 2. The Kier molecular flexibility index (Phi) is 6.28. The molecule has 0 atom stereocenters. The van der Waals surface area contributed by atoms with E-state index in [1.807, 2.05) is 27.7 Å². The fraction of sp³-hybridized carbons (Fsp3) is 0.560. The van der Waals surface area contributed by atoms with E-state index < -0.39 is 11.6 Å². The van der Waals surface area contributed by atoms with Crippen molar-refractivity contribution in [1.82, 2.24) is 29.9 Å². The highest BCUT2D eigenvalue weighted by atomic mass is 35.5. The lowest BCUT2D eigenvalue weighted by atomic mass is 9.68. The Morgan fingerprint density at radius 1 is 1.14 bits per heavy atom. The number of carbonyl (C=O) groups is 3. The maximum absolute atomic E-state index is 13.4. The summed E-state index contributed by atoms with van der Waals surface area (Å²) in [6, 6.07) is 7.65. The van der Waals surface area contributed by atoms with Gasteiger partial charge in [0.05, 0.1) is 0 Å². The van der Waals surface area contributed by atoms with Gasteiger partial charge < -0.3 is 20.5 Å². The Bertz CT molecular complexity index is 1200. The van der Waals surface area contributed by atoms with Crippen molar-refractivity contribution < 1.29 is 14.4 Å². The second kappa shape index (κ2) is 9.15. The largest absolute Gasteiger partial charge is 0.331 e. The molecule has 192 valence electrons. The van der Waals surface area contributed by atoms with Gasteiger partial charge in [-0.2, -0.15) is 0 Å². The van der Waals surface area contributed by atoms with Gasteiger partial charge >= 0.3 is 6.03 Å². The number of hydrogen-bond acceptors (Lipinski definition) is 6. The maximum atomic E-state index is 13.4. The average molecular weight is 514 g/mol. The molecule has 0 bridgehead atoms. The Morgan fingerprint density at radius 2 is 1.89 bits per heavy atom. The van der Waals surface area contributed by atoms with Crippen molar-refractivity contribution in [3.63, 3.8) is 0 Å². The summed E-state index contributed by atoms with van der Waals surface area (Å²) in [4.78, 5) is 41.1. The Hall–Kier alpha value is -2.98. The minimum Gasteiger partial charge on any atom is -0.331 e. The summed E-state index contributed by atoms with van der Waals surface area (Å²) in [7, 11) is 0. The predicted molar refractivity (Wildman–Crippen MR) is 134 cm³/mol. The normalized spacial score (nSPS) is 25.8. The Labute approximate surface area is 215 Å². The molecule has 36 heavy (non-hydrogen) atoms. The molecule has 1 aliphatic carbocycles. The molecule has 2 fully saturated rings. The number of amides is 4. The van der Waals surface area contributed by atoms with Crippen LogP contribution in [0.3, 0.4) is 0 Å². The minimum absolute atomic E-state index is 0.121. The van der Waals surface area contributed by atoms with E-state index in [0.29, 0.717) is 42.7 Å². The summed E-state index contributed by atoms with van der Waals surface area (Å²) in [5, 5.41) is 11.8. The molecular formula is C25H32ClN7O3. The lowest BCUT2D eigenvalue weighted by molar-refractivity contribution is -0.130. The number of nitrogens with two attached hydrogens (primary N) is 1. The van der Waals surface area contributed by atoms with Crippen molar-refractivity contribution in [1.29, 1.82) is 0 Å². The summed E-state index contributed by atoms with van der Waals surface area (Å²) in [6.07, 6.45) is 3.84. The van der Waals surface area contributed by atoms with Gasteiger partial charge in [0, 0.05) is 49.1 Å². The highest BCUT2D eigenvalue weighted by Crippen LogP contribution is 2.41. The van der Waals surface area contributed by atoms with Crippen LogP contribution in [-0.4, -0.2) is 73.6 Å². The molecule has 3 N–H and O–H groups in total. The number of carbonyl (C=O) groups excluding carboxylic acids is 3. The van der Waals surface area contributed by atoms with Crippen molar-refractivity contribution in [2.45, 2.75) is 69.5 Å².